The van der Waals surface area contributed by atoms with E-state index in [2.05, 4.69) is 5.32 Å². The molecule has 1 aromatic rings. The van der Waals surface area contributed by atoms with Crippen molar-refractivity contribution in [2.24, 2.45) is 11.8 Å². The number of aromatic hydroxyl groups is 1. The van der Waals surface area contributed by atoms with Gasteiger partial charge in [0.25, 0.3) is 0 Å². The number of hydrogen-bond acceptors (Lipinski definition) is 9. The van der Waals surface area contributed by atoms with Crippen LogP contribution in [0.3, 0.4) is 0 Å². The topological polar surface area (TPSA) is 120 Å². The maximum Gasteiger partial charge on any atom is 0.336 e. The minimum absolute atomic E-state index is 0.120. The molecule has 34 heavy (non-hydrogen) atoms. The zero-order valence-electron chi connectivity index (χ0n) is 20.3. The number of dihydropyridines is 1. The van der Waals surface area contributed by atoms with Gasteiger partial charge in [-0.3, -0.25) is 9.59 Å². The van der Waals surface area contributed by atoms with E-state index >= 15 is 0 Å². The number of nitrogens with one attached hydrogen (secondary N) is 1. The number of ether oxygens (including phenoxy) is 4. The summed E-state index contributed by atoms with van der Waals surface area (Å²) in [7, 11) is 4.03. The molecule has 1 heterocycles. The molecule has 0 amide bonds. The first-order valence-corrected chi connectivity index (χ1v) is 11.1. The van der Waals surface area contributed by atoms with Gasteiger partial charge in [-0.1, -0.05) is 13.8 Å². The lowest BCUT2D eigenvalue weighted by molar-refractivity contribution is -0.151. The molecule has 0 fully saturated rings. The molecule has 1 aliphatic heterocycles. The Morgan fingerprint density at radius 3 is 2.29 bits per heavy atom. The fraction of sp³-hybridized carbons (Fsp3) is 0.480. The van der Waals surface area contributed by atoms with E-state index in [1.807, 2.05) is 13.8 Å². The molecule has 0 spiro atoms. The van der Waals surface area contributed by atoms with Crippen molar-refractivity contribution in [1.82, 2.24) is 5.32 Å². The van der Waals surface area contributed by atoms with Crippen LogP contribution < -0.4 is 14.8 Å². The lowest BCUT2D eigenvalue weighted by atomic mass is 9.69. The third-order valence-electron chi connectivity index (χ3n) is 6.24. The molecule has 2 N–H and O–H groups in total. The normalized spacial score (nSPS) is 22.1. The second-order valence-electron chi connectivity index (χ2n) is 8.45. The number of hydrogen-bond donors (Lipinski definition) is 2. The number of allylic oxidation sites excluding steroid dienone is 3. The predicted molar refractivity (Wildman–Crippen MR) is 122 cm³/mol. The first kappa shape index (κ1) is 25.1. The summed E-state index contributed by atoms with van der Waals surface area (Å²) < 4.78 is 21.0. The molecule has 0 bridgehead atoms. The van der Waals surface area contributed by atoms with E-state index in [-0.39, 0.29) is 40.9 Å². The lowest BCUT2D eigenvalue weighted by Gasteiger charge is -2.38. The van der Waals surface area contributed by atoms with E-state index in [9.17, 15) is 19.5 Å². The molecule has 1 aliphatic carbocycles. The van der Waals surface area contributed by atoms with E-state index in [1.165, 1.54) is 21.3 Å². The van der Waals surface area contributed by atoms with E-state index in [0.29, 0.717) is 29.8 Å². The summed E-state index contributed by atoms with van der Waals surface area (Å²) >= 11 is 0. The summed E-state index contributed by atoms with van der Waals surface area (Å²) in [4.78, 5) is 39.4. The highest BCUT2D eigenvalue weighted by molar-refractivity contribution is 6.12. The quantitative estimate of drug-likeness (QED) is 0.455. The summed E-state index contributed by atoms with van der Waals surface area (Å²) in [6.45, 7) is 5.66. The zero-order valence-corrected chi connectivity index (χ0v) is 20.3. The Hall–Kier alpha value is -3.49. The summed E-state index contributed by atoms with van der Waals surface area (Å²) in [5.41, 5.74) is 2.20. The highest BCUT2D eigenvalue weighted by atomic mass is 16.5. The highest BCUT2D eigenvalue weighted by Crippen LogP contribution is 2.48. The maximum absolute atomic E-state index is 13.7. The van der Waals surface area contributed by atoms with Crippen molar-refractivity contribution in [1.29, 1.82) is 0 Å². The number of methoxy groups -OCH3 is 3. The van der Waals surface area contributed by atoms with Crippen molar-refractivity contribution in [2.75, 3.05) is 27.9 Å². The van der Waals surface area contributed by atoms with Gasteiger partial charge in [-0.25, -0.2) is 4.79 Å². The zero-order chi connectivity index (χ0) is 25.2. The molecular formula is C25H31NO8. The molecule has 9 nitrogen and oxygen atoms in total. The van der Waals surface area contributed by atoms with E-state index < -0.39 is 29.6 Å². The lowest BCUT2D eigenvalue weighted by Crippen LogP contribution is -2.43. The van der Waals surface area contributed by atoms with Crippen molar-refractivity contribution >= 4 is 17.7 Å². The van der Waals surface area contributed by atoms with Crippen molar-refractivity contribution in [3.8, 4) is 17.2 Å². The number of esters is 2. The van der Waals surface area contributed by atoms with Crippen LogP contribution in [0.4, 0.5) is 0 Å². The minimum atomic E-state index is -1.000. The SMILES string of the molecule is CCCOC(=O)C1=C(C)NC2=C(C(=O)[C@H](C(=O)OC)[C@@H](C)C2)[C@H]1c1cc(OC)c(O)c(OC)c1. The van der Waals surface area contributed by atoms with Gasteiger partial charge in [0, 0.05) is 22.9 Å². The summed E-state index contributed by atoms with van der Waals surface area (Å²) in [5.74, 6) is -3.74. The number of carbonyl (C=O) groups is 3. The molecule has 3 rings (SSSR count). The third kappa shape index (κ3) is 4.34. The van der Waals surface area contributed by atoms with Crippen LogP contribution in [-0.4, -0.2) is 50.8 Å². The molecule has 0 aromatic heterocycles. The molecule has 3 atom stereocenters. The fourth-order valence-corrected chi connectivity index (χ4v) is 4.64. The van der Waals surface area contributed by atoms with Crippen LogP contribution in [0.15, 0.2) is 34.7 Å². The predicted octanol–water partition coefficient (Wildman–Crippen LogP) is 2.98. The second kappa shape index (κ2) is 10.2. The van der Waals surface area contributed by atoms with Crippen molar-refractivity contribution < 1.29 is 38.4 Å². The Bertz CT molecular complexity index is 1050. The third-order valence-corrected chi connectivity index (χ3v) is 6.24. The number of benzene rings is 1. The smallest absolute Gasteiger partial charge is 0.336 e. The Morgan fingerprint density at radius 1 is 1.15 bits per heavy atom. The molecular weight excluding hydrogens is 442 g/mol. The summed E-state index contributed by atoms with van der Waals surface area (Å²) in [5, 5.41) is 13.6. The van der Waals surface area contributed by atoms with Crippen molar-refractivity contribution in [2.45, 2.75) is 39.5 Å². The van der Waals surface area contributed by atoms with Crippen LogP contribution in [0, 0.1) is 11.8 Å². The second-order valence-corrected chi connectivity index (χ2v) is 8.45. The summed E-state index contributed by atoms with van der Waals surface area (Å²) in [6, 6.07) is 3.11. The first-order valence-electron chi connectivity index (χ1n) is 11.1. The Balaban J connectivity index is 2.26. The van der Waals surface area contributed by atoms with Crippen LogP contribution in [0.2, 0.25) is 0 Å². The molecule has 184 valence electrons. The molecule has 2 aliphatic rings. The Labute approximate surface area is 198 Å². The van der Waals surface area contributed by atoms with Crippen molar-refractivity contribution in [3.63, 3.8) is 0 Å². The fourth-order valence-electron chi connectivity index (χ4n) is 4.64. The molecule has 0 saturated carbocycles. The van der Waals surface area contributed by atoms with Gasteiger partial charge >= 0.3 is 11.9 Å². The van der Waals surface area contributed by atoms with Gasteiger partial charge in [-0.05, 0) is 43.4 Å². The summed E-state index contributed by atoms with van der Waals surface area (Å²) in [6.07, 6.45) is 1.05. The standard InChI is InChI=1S/C25H31NO8/c1-7-8-34-25(30)19-13(3)26-15-9-12(2)18(24(29)33-6)23(28)21(15)20(19)14-10-16(31-4)22(27)17(11-14)32-5/h10-12,18,20,26-27H,7-9H2,1-6H3/t12-,18+,20-/m0/s1. The average Bonchev–Trinajstić information content (AvgIpc) is 2.81. The van der Waals surface area contributed by atoms with E-state index in [1.54, 1.807) is 19.1 Å². The van der Waals surface area contributed by atoms with Crippen LogP contribution in [0.25, 0.3) is 0 Å². The van der Waals surface area contributed by atoms with Gasteiger partial charge in [0.1, 0.15) is 5.92 Å². The molecule has 0 unspecified atom stereocenters. The molecule has 0 saturated heterocycles. The van der Waals surface area contributed by atoms with E-state index in [0.717, 1.165) is 0 Å². The van der Waals surface area contributed by atoms with Gasteiger partial charge < -0.3 is 29.4 Å². The minimum Gasteiger partial charge on any atom is -0.502 e. The van der Waals surface area contributed by atoms with Crippen LogP contribution in [-0.2, 0) is 23.9 Å². The van der Waals surface area contributed by atoms with Crippen LogP contribution >= 0.6 is 0 Å². The molecule has 1 aromatic carbocycles. The van der Waals surface area contributed by atoms with E-state index in [4.69, 9.17) is 18.9 Å². The average molecular weight is 474 g/mol. The number of ketones is 1. The molecule has 0 radical (unpaired) electrons. The number of Topliss-reactive ketones (excluding diaryl/α,β-unsaturated/α-hetero) is 1. The number of rotatable bonds is 7. The molecule has 9 heteroatoms. The first-order chi connectivity index (χ1) is 16.2. The van der Waals surface area contributed by atoms with Gasteiger partial charge in [0.05, 0.1) is 33.5 Å². The Kier molecular flexibility index (Phi) is 7.54. The Morgan fingerprint density at radius 2 is 1.76 bits per heavy atom. The number of carbonyl (C=O) groups excluding carboxylic acids is 3. The van der Waals surface area contributed by atoms with Crippen molar-refractivity contribution in [3.05, 3.63) is 40.2 Å². The van der Waals surface area contributed by atoms with Crippen LogP contribution in [0.5, 0.6) is 17.2 Å². The highest BCUT2D eigenvalue weighted by Gasteiger charge is 2.47. The van der Waals surface area contributed by atoms with Gasteiger partial charge in [-0.2, -0.15) is 0 Å². The number of phenolic OH excluding ortho intramolecular Hbond substituents is 1. The van der Waals surface area contributed by atoms with Gasteiger partial charge in [0.15, 0.2) is 17.3 Å². The maximum atomic E-state index is 13.7. The van der Waals surface area contributed by atoms with Gasteiger partial charge in [-0.15, -0.1) is 0 Å². The largest absolute Gasteiger partial charge is 0.502 e. The van der Waals surface area contributed by atoms with Gasteiger partial charge in [0.2, 0.25) is 5.75 Å². The van der Waals surface area contributed by atoms with Crippen LogP contribution in [0.1, 0.15) is 45.1 Å². The monoisotopic (exact) mass is 473 g/mol. The number of phenols is 1.